The van der Waals surface area contributed by atoms with Gasteiger partial charge in [0.15, 0.2) is 0 Å². The highest BCUT2D eigenvalue weighted by Gasteiger charge is 2.31. The van der Waals surface area contributed by atoms with Gasteiger partial charge >= 0.3 is 0 Å². The number of nitrogens with zero attached hydrogens (tertiary/aromatic N) is 1. The minimum atomic E-state index is -0.387. The molecule has 4 rings (SSSR count). The molecule has 1 saturated heterocycles. The van der Waals surface area contributed by atoms with Gasteiger partial charge in [0.2, 0.25) is 0 Å². The van der Waals surface area contributed by atoms with Crippen molar-refractivity contribution in [3.63, 3.8) is 0 Å². The van der Waals surface area contributed by atoms with E-state index in [9.17, 15) is 4.79 Å². The first kappa shape index (κ1) is 28.4. The Morgan fingerprint density at radius 3 is 2.61 bits per heavy atom. The number of carbonyl (C=O) groups is 1. The van der Waals surface area contributed by atoms with Crippen LogP contribution in [0.25, 0.3) is 16.8 Å². The number of methoxy groups -OCH3 is 1. The molecule has 2 aliphatic rings. The fraction of sp³-hybridized carbons (Fsp3) is 0.500. The van der Waals surface area contributed by atoms with E-state index in [1.165, 1.54) is 6.07 Å². The number of benzene rings is 2. The molecule has 1 atom stereocenters. The third kappa shape index (κ3) is 6.33. The monoisotopic (exact) mass is 543 g/mol. The van der Waals surface area contributed by atoms with Gasteiger partial charge in [-0.2, -0.15) is 0 Å². The van der Waals surface area contributed by atoms with Crippen LogP contribution in [0.3, 0.4) is 0 Å². The number of rotatable bonds is 10. The number of ether oxygens (including phenoxy) is 2. The van der Waals surface area contributed by atoms with Gasteiger partial charge in [0.05, 0.1) is 22.7 Å². The Kier molecular flexibility index (Phi) is 9.01. The average Bonchev–Trinajstić information content (AvgIpc) is 2.86. The standard InChI is InChI=1S/C30H39ClFN3O3/c1-19(2)35(21-8-6-11-33-18-21)29(36)24-16-28(38-13-7-12-37-5)23(15-25(24)31)22-14-20(9-10-26(22)32)27-17-30(3,4)34-27/h9-10,14-17,19,21,33-34H,6-8,11-13,18H2,1-5H3/t21-/m1/s1. The van der Waals surface area contributed by atoms with Gasteiger partial charge in [-0.25, -0.2) is 4.39 Å². The Morgan fingerprint density at radius 2 is 1.97 bits per heavy atom. The van der Waals surface area contributed by atoms with E-state index < -0.39 is 0 Å². The van der Waals surface area contributed by atoms with Crippen molar-refractivity contribution in [3.8, 4) is 16.9 Å². The number of carbonyl (C=O) groups excluding carboxylic acids is 1. The minimum absolute atomic E-state index is 0.00385. The molecule has 2 aromatic rings. The van der Waals surface area contributed by atoms with E-state index in [2.05, 4.69) is 30.6 Å². The number of halogens is 2. The molecule has 0 spiro atoms. The highest BCUT2D eigenvalue weighted by atomic mass is 35.5. The van der Waals surface area contributed by atoms with Crippen molar-refractivity contribution in [2.75, 3.05) is 33.4 Å². The summed E-state index contributed by atoms with van der Waals surface area (Å²) in [5.41, 5.74) is 2.97. The van der Waals surface area contributed by atoms with Crippen LogP contribution < -0.4 is 15.4 Å². The van der Waals surface area contributed by atoms with E-state index in [0.717, 1.165) is 37.2 Å². The van der Waals surface area contributed by atoms with E-state index in [1.807, 2.05) is 18.7 Å². The van der Waals surface area contributed by atoms with Gasteiger partial charge in [-0.1, -0.05) is 11.6 Å². The number of piperidine rings is 1. The molecule has 0 saturated carbocycles. The summed E-state index contributed by atoms with van der Waals surface area (Å²) in [4.78, 5) is 15.8. The summed E-state index contributed by atoms with van der Waals surface area (Å²) in [6, 6.07) is 8.42. The highest BCUT2D eigenvalue weighted by molar-refractivity contribution is 6.34. The molecule has 0 aromatic heterocycles. The first-order valence-electron chi connectivity index (χ1n) is 13.4. The Balaban J connectivity index is 1.74. The molecule has 206 valence electrons. The maximum Gasteiger partial charge on any atom is 0.256 e. The van der Waals surface area contributed by atoms with Gasteiger partial charge < -0.3 is 25.0 Å². The predicted molar refractivity (Wildman–Crippen MR) is 151 cm³/mol. The van der Waals surface area contributed by atoms with Gasteiger partial charge in [0.1, 0.15) is 11.6 Å². The second-order valence-electron chi connectivity index (χ2n) is 10.9. The Bertz CT molecular complexity index is 1190. The first-order valence-corrected chi connectivity index (χ1v) is 13.8. The van der Waals surface area contributed by atoms with Crippen LogP contribution >= 0.6 is 11.6 Å². The SMILES string of the molecule is COCCCOc1cc(C(=O)N(C(C)C)[C@@H]2CCCNC2)c(Cl)cc1-c1cc(C2=CC(C)(C)N2)ccc1F. The third-order valence-electron chi connectivity index (χ3n) is 7.03. The van der Waals surface area contributed by atoms with Crippen molar-refractivity contribution in [3.05, 3.63) is 58.4 Å². The van der Waals surface area contributed by atoms with Crippen LogP contribution in [0.1, 0.15) is 62.9 Å². The molecule has 6 nitrogen and oxygen atoms in total. The predicted octanol–water partition coefficient (Wildman–Crippen LogP) is 5.89. The van der Waals surface area contributed by atoms with Crippen molar-refractivity contribution < 1.29 is 18.7 Å². The molecule has 2 heterocycles. The molecule has 0 bridgehead atoms. The number of hydrogen-bond acceptors (Lipinski definition) is 5. The lowest BCUT2D eigenvalue weighted by Crippen LogP contribution is -2.51. The van der Waals surface area contributed by atoms with Crippen LogP contribution in [0.4, 0.5) is 4.39 Å². The Hall–Kier alpha value is -2.61. The molecule has 1 amide bonds. The molecular weight excluding hydrogens is 505 g/mol. The van der Waals surface area contributed by atoms with Gasteiger partial charge in [-0.15, -0.1) is 0 Å². The average molecular weight is 544 g/mol. The molecular formula is C30H39ClFN3O3. The van der Waals surface area contributed by atoms with Crippen molar-refractivity contribution in [2.45, 2.75) is 64.6 Å². The van der Waals surface area contributed by atoms with Crippen LogP contribution in [0.15, 0.2) is 36.4 Å². The van der Waals surface area contributed by atoms with Crippen LogP contribution in [0.2, 0.25) is 5.02 Å². The third-order valence-corrected chi connectivity index (χ3v) is 7.35. The van der Waals surface area contributed by atoms with E-state index in [0.29, 0.717) is 42.1 Å². The summed E-state index contributed by atoms with van der Waals surface area (Å²) < 4.78 is 26.5. The topological polar surface area (TPSA) is 62.8 Å². The molecule has 38 heavy (non-hydrogen) atoms. The summed E-state index contributed by atoms with van der Waals surface area (Å²) in [5.74, 6) is -0.111. The zero-order valence-corrected chi connectivity index (χ0v) is 23.8. The van der Waals surface area contributed by atoms with Crippen molar-refractivity contribution in [1.82, 2.24) is 15.5 Å². The second-order valence-corrected chi connectivity index (χ2v) is 11.3. The van der Waals surface area contributed by atoms with E-state index >= 15 is 4.39 Å². The van der Waals surface area contributed by atoms with Crippen LogP contribution in [-0.2, 0) is 4.74 Å². The van der Waals surface area contributed by atoms with Crippen molar-refractivity contribution in [2.24, 2.45) is 0 Å². The summed E-state index contributed by atoms with van der Waals surface area (Å²) in [5, 5.41) is 7.07. The highest BCUT2D eigenvalue weighted by Crippen LogP contribution is 2.39. The molecule has 1 fully saturated rings. The molecule has 2 aromatic carbocycles. The molecule has 0 radical (unpaired) electrons. The zero-order chi connectivity index (χ0) is 27.4. The van der Waals surface area contributed by atoms with Crippen molar-refractivity contribution in [1.29, 1.82) is 0 Å². The number of amides is 1. The molecule has 2 N–H and O–H groups in total. The molecule has 0 aliphatic carbocycles. The summed E-state index contributed by atoms with van der Waals surface area (Å²) in [6.07, 6.45) is 4.72. The summed E-state index contributed by atoms with van der Waals surface area (Å²) in [7, 11) is 1.64. The Labute approximate surface area is 230 Å². The zero-order valence-electron chi connectivity index (χ0n) is 23.0. The fourth-order valence-corrected chi connectivity index (χ4v) is 5.47. The van der Waals surface area contributed by atoms with Crippen LogP contribution in [0, 0.1) is 5.82 Å². The van der Waals surface area contributed by atoms with E-state index in [4.69, 9.17) is 21.1 Å². The molecule has 2 aliphatic heterocycles. The number of nitrogens with one attached hydrogen (secondary N) is 2. The lowest BCUT2D eigenvalue weighted by atomic mass is 9.90. The molecule has 0 unspecified atom stereocenters. The fourth-order valence-electron chi connectivity index (χ4n) is 5.22. The normalized spacial score (nSPS) is 18.4. The molecule has 8 heteroatoms. The summed E-state index contributed by atoms with van der Waals surface area (Å²) in [6.45, 7) is 10.8. The number of hydrogen-bond donors (Lipinski definition) is 2. The minimum Gasteiger partial charge on any atom is -0.493 e. The Morgan fingerprint density at radius 1 is 1.21 bits per heavy atom. The van der Waals surface area contributed by atoms with Gasteiger partial charge in [-0.05, 0) is 89.1 Å². The maximum atomic E-state index is 15.2. The van der Waals surface area contributed by atoms with Gasteiger partial charge in [0, 0.05) is 55.6 Å². The van der Waals surface area contributed by atoms with Crippen LogP contribution in [0.5, 0.6) is 5.75 Å². The van der Waals surface area contributed by atoms with Gasteiger partial charge in [0.25, 0.3) is 5.91 Å². The van der Waals surface area contributed by atoms with Crippen molar-refractivity contribution >= 4 is 23.2 Å². The summed E-state index contributed by atoms with van der Waals surface area (Å²) >= 11 is 6.76. The largest absolute Gasteiger partial charge is 0.493 e. The van der Waals surface area contributed by atoms with E-state index in [1.54, 1.807) is 31.4 Å². The quantitative estimate of drug-likeness (QED) is 0.366. The van der Waals surface area contributed by atoms with E-state index in [-0.39, 0.29) is 34.4 Å². The lowest BCUT2D eigenvalue weighted by Gasteiger charge is -2.38. The first-order chi connectivity index (χ1) is 18.1. The maximum absolute atomic E-state index is 15.2. The second kappa shape index (κ2) is 12.1. The lowest BCUT2D eigenvalue weighted by molar-refractivity contribution is 0.0573. The van der Waals surface area contributed by atoms with Gasteiger partial charge in [-0.3, -0.25) is 4.79 Å². The van der Waals surface area contributed by atoms with Crippen LogP contribution in [-0.4, -0.2) is 61.8 Å². The smallest absolute Gasteiger partial charge is 0.256 e.